The molecule has 3 rings (SSSR count). The molecule has 0 saturated heterocycles. The van der Waals surface area contributed by atoms with E-state index in [1.807, 2.05) is 35.9 Å². The third-order valence-corrected chi connectivity index (χ3v) is 3.75. The topological polar surface area (TPSA) is 60.0 Å². The van der Waals surface area contributed by atoms with Crippen LogP contribution in [0.2, 0.25) is 0 Å². The number of aryl methyl sites for hydroxylation is 1. The Morgan fingerprint density at radius 1 is 1.38 bits per heavy atom. The second kappa shape index (κ2) is 7.23. The molecule has 0 radical (unpaired) electrons. The van der Waals surface area contributed by atoms with Gasteiger partial charge in [0, 0.05) is 42.3 Å². The fraction of sp³-hybridized carbons (Fsp3) is 0.278. The highest BCUT2D eigenvalue weighted by atomic mass is 16.5. The van der Waals surface area contributed by atoms with Crippen LogP contribution in [0.3, 0.4) is 0 Å². The van der Waals surface area contributed by atoms with E-state index < -0.39 is 0 Å². The van der Waals surface area contributed by atoms with Gasteiger partial charge in [-0.25, -0.2) is 0 Å². The molecule has 0 amide bonds. The Balaban J connectivity index is 1.64. The minimum Gasteiger partial charge on any atom is -0.359 e. The van der Waals surface area contributed by atoms with Gasteiger partial charge in [0.1, 0.15) is 5.69 Å². The van der Waals surface area contributed by atoms with E-state index in [0.29, 0.717) is 6.54 Å². The van der Waals surface area contributed by atoms with Crippen molar-refractivity contribution in [2.75, 3.05) is 7.05 Å². The molecule has 3 aromatic heterocycles. The number of hydrogen-bond acceptors (Lipinski definition) is 5. The van der Waals surface area contributed by atoms with Crippen LogP contribution >= 0.6 is 0 Å². The molecule has 6 nitrogen and oxygen atoms in total. The molecular weight excluding hydrogens is 302 g/mol. The second-order valence-electron chi connectivity index (χ2n) is 5.84. The third-order valence-electron chi connectivity index (χ3n) is 3.75. The van der Waals surface area contributed by atoms with Crippen molar-refractivity contribution >= 4 is 0 Å². The molecule has 0 bridgehead atoms. The summed E-state index contributed by atoms with van der Waals surface area (Å²) in [6, 6.07) is 5.82. The van der Waals surface area contributed by atoms with Gasteiger partial charge in [0.2, 0.25) is 0 Å². The van der Waals surface area contributed by atoms with E-state index in [-0.39, 0.29) is 0 Å². The normalized spacial score (nSPS) is 11.1. The minimum atomic E-state index is 0.680. The fourth-order valence-corrected chi connectivity index (χ4v) is 2.59. The highest BCUT2D eigenvalue weighted by Crippen LogP contribution is 2.19. The number of allylic oxidation sites excluding steroid dienone is 1. The highest BCUT2D eigenvalue weighted by Gasteiger charge is 2.12. The molecule has 3 heterocycles. The van der Waals surface area contributed by atoms with E-state index >= 15 is 0 Å². The molecule has 0 aromatic carbocycles. The maximum Gasteiger partial charge on any atom is 0.151 e. The maximum atomic E-state index is 5.45. The van der Waals surface area contributed by atoms with Crippen molar-refractivity contribution in [2.24, 2.45) is 0 Å². The quantitative estimate of drug-likeness (QED) is 0.625. The Hall–Kier alpha value is -2.73. The van der Waals surface area contributed by atoms with Crippen LogP contribution in [0.15, 0.2) is 54.0 Å². The SMILES string of the molecule is C=CCn1cc(CN(C)Cc2cc(-c3cccnc3)no2)c(C)n1. The zero-order valence-corrected chi connectivity index (χ0v) is 14.0. The Kier molecular flexibility index (Phi) is 4.86. The smallest absolute Gasteiger partial charge is 0.151 e. The molecule has 124 valence electrons. The van der Waals surface area contributed by atoms with Crippen molar-refractivity contribution in [2.45, 2.75) is 26.6 Å². The first-order valence-electron chi connectivity index (χ1n) is 7.84. The largest absolute Gasteiger partial charge is 0.359 e. The van der Waals surface area contributed by atoms with Gasteiger partial charge in [-0.1, -0.05) is 11.2 Å². The zero-order valence-electron chi connectivity index (χ0n) is 14.0. The summed E-state index contributed by atoms with van der Waals surface area (Å²) in [5.41, 5.74) is 4.00. The first-order chi connectivity index (χ1) is 11.7. The first-order valence-corrected chi connectivity index (χ1v) is 7.84. The van der Waals surface area contributed by atoms with Crippen LogP contribution in [0.1, 0.15) is 17.0 Å². The van der Waals surface area contributed by atoms with E-state index in [1.54, 1.807) is 12.4 Å². The molecule has 3 aromatic rings. The molecule has 0 aliphatic carbocycles. The minimum absolute atomic E-state index is 0.680. The Morgan fingerprint density at radius 2 is 2.25 bits per heavy atom. The van der Waals surface area contributed by atoms with Crippen molar-refractivity contribution in [3.8, 4) is 11.3 Å². The monoisotopic (exact) mass is 323 g/mol. The summed E-state index contributed by atoms with van der Waals surface area (Å²) in [6.07, 6.45) is 7.43. The predicted molar refractivity (Wildman–Crippen MR) is 92.1 cm³/mol. The summed E-state index contributed by atoms with van der Waals surface area (Å²) in [5, 5.41) is 8.60. The molecule has 0 saturated carbocycles. The van der Waals surface area contributed by atoms with Crippen molar-refractivity contribution in [1.29, 1.82) is 0 Å². The van der Waals surface area contributed by atoms with Gasteiger partial charge in [0.05, 0.1) is 18.8 Å². The number of aromatic nitrogens is 4. The number of nitrogens with zero attached hydrogens (tertiary/aromatic N) is 5. The van der Waals surface area contributed by atoms with Gasteiger partial charge >= 0.3 is 0 Å². The van der Waals surface area contributed by atoms with Gasteiger partial charge in [-0.2, -0.15) is 5.10 Å². The van der Waals surface area contributed by atoms with Crippen LogP contribution in [0.5, 0.6) is 0 Å². The van der Waals surface area contributed by atoms with Crippen LogP contribution in [0.25, 0.3) is 11.3 Å². The molecular formula is C18H21N5O. The molecule has 0 atom stereocenters. The summed E-state index contributed by atoms with van der Waals surface area (Å²) >= 11 is 0. The van der Waals surface area contributed by atoms with Crippen molar-refractivity contribution in [3.63, 3.8) is 0 Å². The van der Waals surface area contributed by atoms with Crippen molar-refractivity contribution in [3.05, 3.63) is 66.5 Å². The third kappa shape index (κ3) is 3.78. The summed E-state index contributed by atoms with van der Waals surface area (Å²) in [7, 11) is 2.05. The van der Waals surface area contributed by atoms with Crippen molar-refractivity contribution in [1.82, 2.24) is 24.8 Å². The van der Waals surface area contributed by atoms with Crippen molar-refractivity contribution < 1.29 is 4.52 Å². The lowest BCUT2D eigenvalue weighted by Crippen LogP contribution is -2.17. The predicted octanol–water partition coefficient (Wildman–Crippen LogP) is 3.06. The van der Waals surface area contributed by atoms with E-state index in [1.165, 1.54) is 5.56 Å². The van der Waals surface area contributed by atoms with Crippen LogP contribution < -0.4 is 0 Å². The van der Waals surface area contributed by atoms with Gasteiger partial charge in [0.15, 0.2) is 5.76 Å². The van der Waals surface area contributed by atoms with Crippen LogP contribution in [0.4, 0.5) is 0 Å². The molecule has 24 heavy (non-hydrogen) atoms. The number of pyridine rings is 1. The first kappa shape index (κ1) is 16.1. The lowest BCUT2D eigenvalue weighted by Gasteiger charge is -2.13. The second-order valence-corrected chi connectivity index (χ2v) is 5.84. The summed E-state index contributed by atoms with van der Waals surface area (Å²) in [6.45, 7) is 7.97. The number of hydrogen-bond donors (Lipinski definition) is 0. The standard InChI is InChI=1S/C18H21N5O/c1-4-8-23-12-16(14(2)20-23)11-22(3)13-17-9-18(21-24-17)15-6-5-7-19-10-15/h4-7,9-10,12H,1,8,11,13H2,2-3H3. The van der Waals surface area contributed by atoms with Gasteiger partial charge in [0.25, 0.3) is 0 Å². The van der Waals surface area contributed by atoms with E-state index in [4.69, 9.17) is 4.52 Å². The average Bonchev–Trinajstić information content (AvgIpc) is 3.16. The van der Waals surface area contributed by atoms with E-state index in [2.05, 4.69) is 40.0 Å². The maximum absolute atomic E-state index is 5.45. The number of rotatable bonds is 7. The Labute approximate surface area is 141 Å². The average molecular weight is 323 g/mol. The Bertz CT molecular complexity index is 806. The van der Waals surface area contributed by atoms with Gasteiger partial charge in [-0.05, 0) is 26.1 Å². The highest BCUT2D eigenvalue weighted by molar-refractivity contribution is 5.57. The lowest BCUT2D eigenvalue weighted by atomic mass is 10.2. The van der Waals surface area contributed by atoms with E-state index in [0.717, 1.165) is 35.8 Å². The molecule has 6 heteroatoms. The van der Waals surface area contributed by atoms with Gasteiger partial charge < -0.3 is 4.52 Å². The summed E-state index contributed by atoms with van der Waals surface area (Å²) in [5.74, 6) is 0.826. The van der Waals surface area contributed by atoms with Gasteiger partial charge in [-0.3, -0.25) is 14.6 Å². The molecule has 0 N–H and O–H groups in total. The fourth-order valence-electron chi connectivity index (χ4n) is 2.59. The molecule has 0 spiro atoms. The molecule has 0 aliphatic rings. The molecule has 0 fully saturated rings. The summed E-state index contributed by atoms with van der Waals surface area (Å²) in [4.78, 5) is 6.28. The van der Waals surface area contributed by atoms with E-state index in [9.17, 15) is 0 Å². The van der Waals surface area contributed by atoms with Crippen LogP contribution in [0, 0.1) is 6.92 Å². The lowest BCUT2D eigenvalue weighted by molar-refractivity contribution is 0.266. The van der Waals surface area contributed by atoms with Crippen LogP contribution in [-0.2, 0) is 19.6 Å². The molecule has 0 aliphatic heterocycles. The van der Waals surface area contributed by atoms with Crippen LogP contribution in [-0.4, -0.2) is 31.9 Å². The molecule has 0 unspecified atom stereocenters. The summed E-state index contributed by atoms with van der Waals surface area (Å²) < 4.78 is 7.35. The van der Waals surface area contributed by atoms with Gasteiger partial charge in [-0.15, -0.1) is 6.58 Å². The Morgan fingerprint density at radius 3 is 3.00 bits per heavy atom. The zero-order chi connectivity index (χ0) is 16.9.